The van der Waals surface area contributed by atoms with Gasteiger partial charge in [0.2, 0.25) is 0 Å². The van der Waals surface area contributed by atoms with Crippen LogP contribution >= 0.6 is 0 Å². The molecule has 0 bridgehead atoms. The molecule has 1 aliphatic rings. The number of likely N-dealkylation sites (N-methyl/N-ethyl adjacent to an activating group) is 1. The van der Waals surface area contributed by atoms with Crippen LogP contribution in [0.3, 0.4) is 0 Å². The largest absolute Gasteiger partial charge is 0.383 e. The fourth-order valence-corrected chi connectivity index (χ4v) is 5.22. The topological polar surface area (TPSA) is 119 Å². The summed E-state index contributed by atoms with van der Waals surface area (Å²) < 4.78 is 0. The molecule has 0 radical (unpaired) electrons. The van der Waals surface area contributed by atoms with Gasteiger partial charge in [0.15, 0.2) is 0 Å². The van der Waals surface area contributed by atoms with Gasteiger partial charge in [-0.3, -0.25) is 9.59 Å². The number of nitrogens with two attached hydrogens (primary N) is 1. The van der Waals surface area contributed by atoms with Gasteiger partial charge in [0.1, 0.15) is 5.82 Å². The van der Waals surface area contributed by atoms with E-state index in [0.29, 0.717) is 11.1 Å². The lowest BCUT2D eigenvalue weighted by atomic mass is 9.96. The number of H-pyrrole nitrogens is 1. The van der Waals surface area contributed by atoms with Gasteiger partial charge < -0.3 is 31.2 Å². The van der Waals surface area contributed by atoms with Gasteiger partial charge in [-0.25, -0.2) is 4.98 Å². The summed E-state index contributed by atoms with van der Waals surface area (Å²) in [6.45, 7) is 12.3. The Balaban J connectivity index is 1.65. The second-order valence-corrected chi connectivity index (χ2v) is 11.0. The van der Waals surface area contributed by atoms with Crippen molar-refractivity contribution in [3.8, 4) is 11.1 Å². The Bertz CT molecular complexity index is 1370. The molecular weight excluding hydrogens is 502 g/mol. The summed E-state index contributed by atoms with van der Waals surface area (Å²) in [5.41, 5.74) is 12.2. The van der Waals surface area contributed by atoms with Crippen LogP contribution in [0.25, 0.3) is 11.1 Å². The summed E-state index contributed by atoms with van der Waals surface area (Å²) in [4.78, 5) is 38.6. The lowest BCUT2D eigenvalue weighted by Gasteiger charge is -2.33. The van der Waals surface area contributed by atoms with Gasteiger partial charge in [-0.2, -0.15) is 0 Å². The zero-order valence-corrected chi connectivity index (χ0v) is 24.4. The fraction of sp³-hybridized carbons (Fsp3) is 0.452. The normalized spacial score (nSPS) is 14.0. The highest BCUT2D eigenvalue weighted by molar-refractivity contribution is 5.99. The molecule has 0 aliphatic carbocycles. The van der Waals surface area contributed by atoms with Crippen molar-refractivity contribution in [3.05, 3.63) is 74.8 Å². The molecule has 40 heavy (non-hydrogen) atoms. The van der Waals surface area contributed by atoms with E-state index in [9.17, 15) is 9.59 Å². The molecule has 2 aromatic heterocycles. The number of anilines is 2. The number of aromatic amines is 1. The summed E-state index contributed by atoms with van der Waals surface area (Å²) in [5, 5.41) is 6.46. The van der Waals surface area contributed by atoms with E-state index in [0.717, 1.165) is 78.5 Å². The first-order valence-corrected chi connectivity index (χ1v) is 14.2. The van der Waals surface area contributed by atoms with Crippen molar-refractivity contribution < 1.29 is 4.79 Å². The van der Waals surface area contributed by atoms with Crippen LogP contribution in [0.2, 0.25) is 0 Å². The SMILES string of the molecule is CCCc1cc(C)[nH]c(=O)c1CNC(=O)c1cc(-c2ccc(N3CCN(C)CC3)nc2)cc(NC(C)C)c1CN. The molecule has 4 rings (SSSR count). The first-order chi connectivity index (χ1) is 19.2. The highest BCUT2D eigenvalue weighted by atomic mass is 16.1. The molecule has 9 nitrogen and oxygen atoms in total. The maximum absolute atomic E-state index is 13.6. The van der Waals surface area contributed by atoms with Crippen LogP contribution in [-0.2, 0) is 19.5 Å². The van der Waals surface area contributed by atoms with Crippen LogP contribution in [0, 0.1) is 6.92 Å². The van der Waals surface area contributed by atoms with E-state index in [4.69, 9.17) is 10.7 Å². The molecule has 0 unspecified atom stereocenters. The van der Waals surface area contributed by atoms with Crippen molar-refractivity contribution in [1.29, 1.82) is 0 Å². The van der Waals surface area contributed by atoms with Crippen LogP contribution in [0.4, 0.5) is 11.5 Å². The van der Waals surface area contributed by atoms with Gasteiger partial charge in [-0.05, 0) is 75.7 Å². The third-order valence-corrected chi connectivity index (χ3v) is 7.36. The molecule has 0 spiro atoms. The summed E-state index contributed by atoms with van der Waals surface area (Å²) in [6, 6.07) is 10.2. The molecule has 9 heteroatoms. The molecule has 0 atom stereocenters. The van der Waals surface area contributed by atoms with Crippen LogP contribution in [-0.4, -0.2) is 60.0 Å². The molecule has 0 saturated carbocycles. The average Bonchev–Trinajstić information content (AvgIpc) is 2.92. The lowest BCUT2D eigenvalue weighted by Crippen LogP contribution is -2.44. The molecule has 5 N–H and O–H groups in total. The highest BCUT2D eigenvalue weighted by Gasteiger charge is 2.20. The van der Waals surface area contributed by atoms with Crippen molar-refractivity contribution in [3.63, 3.8) is 0 Å². The van der Waals surface area contributed by atoms with Crippen LogP contribution < -0.4 is 26.8 Å². The maximum atomic E-state index is 13.6. The Morgan fingerprint density at radius 1 is 1.10 bits per heavy atom. The number of amides is 1. The van der Waals surface area contributed by atoms with E-state index >= 15 is 0 Å². The van der Waals surface area contributed by atoms with E-state index < -0.39 is 0 Å². The minimum absolute atomic E-state index is 0.145. The minimum atomic E-state index is -0.265. The Labute approximate surface area is 237 Å². The molecule has 1 aromatic carbocycles. The Morgan fingerprint density at radius 2 is 1.85 bits per heavy atom. The molecule has 3 aromatic rings. The van der Waals surface area contributed by atoms with Gasteiger partial charge in [-0.1, -0.05) is 13.3 Å². The number of nitrogens with one attached hydrogen (secondary N) is 3. The summed E-state index contributed by atoms with van der Waals surface area (Å²) in [7, 11) is 2.14. The number of hydrogen-bond donors (Lipinski definition) is 4. The Morgan fingerprint density at radius 3 is 2.48 bits per heavy atom. The number of piperazine rings is 1. The van der Waals surface area contributed by atoms with E-state index in [-0.39, 0.29) is 30.6 Å². The zero-order chi connectivity index (χ0) is 28.8. The number of carbonyl (C=O) groups is 1. The standard InChI is InChI=1S/C31H43N7O2/c1-6-7-22-14-21(4)36-31(40)27(22)19-34-30(39)25-15-24(16-28(26(25)17-32)35-20(2)3)23-8-9-29(33-18-23)38-12-10-37(5)11-13-38/h8-9,14-16,18,20,35H,6-7,10-13,17,19,32H2,1-5H3,(H,34,39)(H,36,40). The third kappa shape index (κ3) is 6.89. The molecule has 1 fully saturated rings. The third-order valence-electron chi connectivity index (χ3n) is 7.36. The maximum Gasteiger partial charge on any atom is 0.253 e. The number of benzene rings is 1. The average molecular weight is 546 g/mol. The molecule has 1 amide bonds. The van der Waals surface area contributed by atoms with E-state index in [1.807, 2.05) is 37.4 Å². The van der Waals surface area contributed by atoms with Crippen molar-refractivity contribution in [1.82, 2.24) is 20.2 Å². The van der Waals surface area contributed by atoms with Gasteiger partial charge in [0, 0.05) is 85.1 Å². The van der Waals surface area contributed by atoms with E-state index in [1.54, 1.807) is 0 Å². The second-order valence-electron chi connectivity index (χ2n) is 11.0. The first-order valence-electron chi connectivity index (χ1n) is 14.2. The Hall–Kier alpha value is -3.69. The number of aromatic nitrogens is 2. The summed E-state index contributed by atoms with van der Waals surface area (Å²) in [5.74, 6) is 0.693. The van der Waals surface area contributed by atoms with Crippen LogP contribution in [0.1, 0.15) is 59.9 Å². The van der Waals surface area contributed by atoms with Gasteiger partial charge >= 0.3 is 0 Å². The summed E-state index contributed by atoms with van der Waals surface area (Å²) >= 11 is 0. The van der Waals surface area contributed by atoms with Crippen LogP contribution in [0.5, 0.6) is 0 Å². The molecular formula is C31H43N7O2. The molecule has 214 valence electrons. The predicted molar refractivity (Wildman–Crippen MR) is 163 cm³/mol. The summed E-state index contributed by atoms with van der Waals surface area (Å²) in [6.07, 6.45) is 3.56. The molecule has 1 aliphatic heterocycles. The monoisotopic (exact) mass is 545 g/mol. The Kier molecular flexibility index (Phi) is 9.60. The van der Waals surface area contributed by atoms with Gasteiger partial charge in [0.25, 0.3) is 11.5 Å². The van der Waals surface area contributed by atoms with Crippen molar-refractivity contribution in [2.75, 3.05) is 43.4 Å². The molecule has 1 saturated heterocycles. The van der Waals surface area contributed by atoms with Crippen molar-refractivity contribution in [2.24, 2.45) is 5.73 Å². The van der Waals surface area contributed by atoms with E-state index in [1.165, 1.54) is 0 Å². The highest BCUT2D eigenvalue weighted by Crippen LogP contribution is 2.30. The number of aryl methyl sites for hydroxylation is 2. The van der Waals surface area contributed by atoms with Crippen molar-refractivity contribution in [2.45, 2.75) is 59.7 Å². The van der Waals surface area contributed by atoms with E-state index in [2.05, 4.69) is 59.3 Å². The molecule has 3 heterocycles. The van der Waals surface area contributed by atoms with Crippen molar-refractivity contribution >= 4 is 17.4 Å². The number of nitrogens with zero attached hydrogens (tertiary/aromatic N) is 3. The predicted octanol–water partition coefficient (Wildman–Crippen LogP) is 3.66. The zero-order valence-electron chi connectivity index (χ0n) is 24.4. The quantitative estimate of drug-likeness (QED) is 0.307. The lowest BCUT2D eigenvalue weighted by molar-refractivity contribution is 0.0950. The van der Waals surface area contributed by atoms with Gasteiger partial charge in [-0.15, -0.1) is 0 Å². The fourth-order valence-electron chi connectivity index (χ4n) is 5.22. The number of rotatable bonds is 10. The number of pyridine rings is 2. The number of hydrogen-bond acceptors (Lipinski definition) is 7. The smallest absolute Gasteiger partial charge is 0.253 e. The minimum Gasteiger partial charge on any atom is -0.383 e. The van der Waals surface area contributed by atoms with Crippen LogP contribution in [0.15, 0.2) is 41.3 Å². The first kappa shape index (κ1) is 29.3. The second kappa shape index (κ2) is 13.1. The number of carbonyl (C=O) groups excluding carboxylic acids is 1. The van der Waals surface area contributed by atoms with Gasteiger partial charge in [0.05, 0.1) is 0 Å².